The summed E-state index contributed by atoms with van der Waals surface area (Å²) in [6.07, 6.45) is 6.21. The third kappa shape index (κ3) is 2.36. The number of rotatable bonds is 4. The summed E-state index contributed by atoms with van der Waals surface area (Å²) in [4.78, 5) is 4.31. The van der Waals surface area contributed by atoms with Crippen LogP contribution in [0.25, 0.3) is 5.69 Å². The monoisotopic (exact) mass is 257 g/mol. The van der Waals surface area contributed by atoms with Gasteiger partial charge in [0, 0.05) is 6.04 Å². The van der Waals surface area contributed by atoms with Crippen molar-refractivity contribution in [1.82, 2.24) is 14.9 Å². The molecule has 1 fully saturated rings. The van der Waals surface area contributed by atoms with Gasteiger partial charge < -0.3 is 10.1 Å². The molecule has 4 nitrogen and oxygen atoms in total. The molecule has 1 aliphatic rings. The Bertz CT molecular complexity index is 544. The Hall–Kier alpha value is -1.81. The molecule has 19 heavy (non-hydrogen) atoms. The van der Waals surface area contributed by atoms with Crippen molar-refractivity contribution in [3.05, 3.63) is 42.5 Å². The number of hydrogen-bond acceptors (Lipinski definition) is 3. The summed E-state index contributed by atoms with van der Waals surface area (Å²) in [7, 11) is 0. The van der Waals surface area contributed by atoms with Crippen LogP contribution in [0.15, 0.2) is 36.8 Å². The summed E-state index contributed by atoms with van der Waals surface area (Å²) in [5.74, 6) is 0.905. The van der Waals surface area contributed by atoms with Crippen molar-refractivity contribution in [2.24, 2.45) is 0 Å². The zero-order valence-corrected chi connectivity index (χ0v) is 11.2. The third-order valence-corrected chi connectivity index (χ3v) is 3.51. The number of ether oxygens (including phenoxy) is 1. The molecule has 0 saturated carbocycles. The van der Waals surface area contributed by atoms with Gasteiger partial charge in [-0.05, 0) is 38.4 Å². The zero-order chi connectivity index (χ0) is 13.1. The highest BCUT2D eigenvalue weighted by atomic mass is 16.5. The van der Waals surface area contributed by atoms with E-state index in [0.29, 0.717) is 12.6 Å². The maximum atomic E-state index is 5.71. The molecule has 3 rings (SSSR count). The smallest absolute Gasteiger partial charge is 0.143 e. The van der Waals surface area contributed by atoms with Crippen LogP contribution in [0.4, 0.5) is 0 Å². The highest BCUT2D eigenvalue weighted by Gasteiger charge is 2.21. The fraction of sp³-hybridized carbons (Fsp3) is 0.400. The molecule has 0 amide bonds. The molecule has 2 aromatic rings. The van der Waals surface area contributed by atoms with Crippen LogP contribution in [0.1, 0.15) is 31.5 Å². The highest BCUT2D eigenvalue weighted by Crippen LogP contribution is 2.29. The van der Waals surface area contributed by atoms with E-state index in [-0.39, 0.29) is 0 Å². The Labute approximate surface area is 113 Å². The average molecular weight is 257 g/mol. The molecule has 1 atom stereocenters. The second kappa shape index (κ2) is 5.45. The van der Waals surface area contributed by atoms with Crippen molar-refractivity contribution in [3.8, 4) is 11.4 Å². The number of nitrogens with zero attached hydrogens (tertiary/aromatic N) is 2. The van der Waals surface area contributed by atoms with Gasteiger partial charge in [-0.2, -0.15) is 0 Å². The first-order valence-corrected chi connectivity index (χ1v) is 6.88. The lowest BCUT2D eigenvalue weighted by Crippen LogP contribution is -2.16. The summed E-state index contributed by atoms with van der Waals surface area (Å²) < 4.78 is 7.84. The Morgan fingerprint density at radius 2 is 2.32 bits per heavy atom. The van der Waals surface area contributed by atoms with Gasteiger partial charge in [-0.3, -0.25) is 4.57 Å². The number of para-hydroxylation sites is 2. The lowest BCUT2D eigenvalue weighted by molar-refractivity contribution is 0.338. The quantitative estimate of drug-likeness (QED) is 0.915. The van der Waals surface area contributed by atoms with Crippen LogP contribution in [-0.4, -0.2) is 22.7 Å². The Kier molecular flexibility index (Phi) is 3.51. The molecule has 1 aromatic heterocycles. The molecule has 0 radical (unpaired) electrons. The number of aromatic nitrogens is 2. The Morgan fingerprint density at radius 1 is 1.42 bits per heavy atom. The molecule has 0 bridgehead atoms. The van der Waals surface area contributed by atoms with Gasteiger partial charge in [0.1, 0.15) is 5.75 Å². The minimum atomic E-state index is 0.400. The van der Waals surface area contributed by atoms with Gasteiger partial charge in [-0.1, -0.05) is 12.1 Å². The zero-order valence-electron chi connectivity index (χ0n) is 11.2. The van der Waals surface area contributed by atoms with E-state index in [9.17, 15) is 0 Å². The molecule has 2 heterocycles. The van der Waals surface area contributed by atoms with Crippen LogP contribution in [0.5, 0.6) is 5.75 Å². The number of hydrogen-bond donors (Lipinski definition) is 1. The van der Waals surface area contributed by atoms with Crippen LogP contribution < -0.4 is 10.1 Å². The molecule has 1 N–H and O–H groups in total. The molecule has 4 heteroatoms. The Morgan fingerprint density at radius 3 is 3.11 bits per heavy atom. The standard InChI is InChI=1S/C15H19N3O/c1-2-19-15-8-4-3-7-13(15)18-11-16-10-14(18)12-6-5-9-17-12/h3-4,7-8,10-12,17H,2,5-6,9H2,1H3/t12-/m0/s1. The van der Waals surface area contributed by atoms with Crippen molar-refractivity contribution >= 4 is 0 Å². The number of benzene rings is 1. The molecule has 1 aliphatic heterocycles. The normalized spacial score (nSPS) is 18.7. The lowest BCUT2D eigenvalue weighted by Gasteiger charge is -2.16. The maximum Gasteiger partial charge on any atom is 0.143 e. The van der Waals surface area contributed by atoms with E-state index >= 15 is 0 Å². The van der Waals surface area contributed by atoms with Crippen LogP contribution in [-0.2, 0) is 0 Å². The minimum absolute atomic E-state index is 0.400. The van der Waals surface area contributed by atoms with E-state index in [4.69, 9.17) is 4.74 Å². The predicted molar refractivity (Wildman–Crippen MR) is 74.7 cm³/mol. The minimum Gasteiger partial charge on any atom is -0.492 e. The highest BCUT2D eigenvalue weighted by molar-refractivity contribution is 5.47. The van der Waals surface area contributed by atoms with E-state index in [1.165, 1.54) is 18.5 Å². The van der Waals surface area contributed by atoms with E-state index in [2.05, 4.69) is 20.9 Å². The summed E-state index contributed by atoms with van der Waals surface area (Å²) in [5, 5.41) is 3.52. The van der Waals surface area contributed by atoms with Crippen molar-refractivity contribution < 1.29 is 4.74 Å². The predicted octanol–water partition coefficient (Wildman–Crippen LogP) is 2.70. The Balaban J connectivity index is 2.00. The maximum absolute atomic E-state index is 5.71. The second-order valence-electron chi connectivity index (χ2n) is 4.74. The first kappa shape index (κ1) is 12.2. The molecule has 100 valence electrons. The molecule has 1 aromatic carbocycles. The topological polar surface area (TPSA) is 39.1 Å². The van der Waals surface area contributed by atoms with Crippen LogP contribution in [0, 0.1) is 0 Å². The van der Waals surface area contributed by atoms with E-state index < -0.39 is 0 Å². The molecular weight excluding hydrogens is 238 g/mol. The van der Waals surface area contributed by atoms with Gasteiger partial charge >= 0.3 is 0 Å². The molecule has 0 unspecified atom stereocenters. The summed E-state index contributed by atoms with van der Waals surface area (Å²) in [6.45, 7) is 3.76. The van der Waals surface area contributed by atoms with Gasteiger partial charge in [-0.25, -0.2) is 4.98 Å². The molecule has 1 saturated heterocycles. The van der Waals surface area contributed by atoms with Crippen LogP contribution in [0.2, 0.25) is 0 Å². The number of imidazole rings is 1. The van der Waals surface area contributed by atoms with Gasteiger partial charge in [-0.15, -0.1) is 0 Å². The summed E-state index contributed by atoms with van der Waals surface area (Å²) in [5.41, 5.74) is 2.27. The van der Waals surface area contributed by atoms with Gasteiger partial charge in [0.05, 0.1) is 30.5 Å². The van der Waals surface area contributed by atoms with Gasteiger partial charge in [0.25, 0.3) is 0 Å². The number of nitrogens with one attached hydrogen (secondary N) is 1. The van der Waals surface area contributed by atoms with Crippen molar-refractivity contribution in [2.75, 3.05) is 13.2 Å². The second-order valence-corrected chi connectivity index (χ2v) is 4.74. The van der Waals surface area contributed by atoms with E-state index in [0.717, 1.165) is 18.0 Å². The van der Waals surface area contributed by atoms with E-state index in [1.54, 1.807) is 0 Å². The molecule has 0 spiro atoms. The van der Waals surface area contributed by atoms with Crippen molar-refractivity contribution in [3.63, 3.8) is 0 Å². The SMILES string of the molecule is CCOc1ccccc1-n1cncc1[C@@H]1CCCN1. The fourth-order valence-electron chi connectivity index (χ4n) is 2.64. The lowest BCUT2D eigenvalue weighted by atomic mass is 10.1. The van der Waals surface area contributed by atoms with E-state index in [1.807, 2.05) is 37.6 Å². The van der Waals surface area contributed by atoms with Gasteiger partial charge in [0.2, 0.25) is 0 Å². The largest absolute Gasteiger partial charge is 0.492 e. The first-order chi connectivity index (χ1) is 9.40. The van der Waals surface area contributed by atoms with Crippen LogP contribution >= 0.6 is 0 Å². The van der Waals surface area contributed by atoms with Crippen molar-refractivity contribution in [2.45, 2.75) is 25.8 Å². The van der Waals surface area contributed by atoms with Crippen LogP contribution in [0.3, 0.4) is 0 Å². The molecular formula is C15H19N3O. The summed E-state index contributed by atoms with van der Waals surface area (Å²) in [6, 6.07) is 8.51. The van der Waals surface area contributed by atoms with Gasteiger partial charge in [0.15, 0.2) is 0 Å². The fourth-order valence-corrected chi connectivity index (χ4v) is 2.64. The summed E-state index contributed by atoms with van der Waals surface area (Å²) >= 11 is 0. The first-order valence-electron chi connectivity index (χ1n) is 6.88. The third-order valence-electron chi connectivity index (χ3n) is 3.51. The van der Waals surface area contributed by atoms with Crippen molar-refractivity contribution in [1.29, 1.82) is 0 Å². The average Bonchev–Trinajstić information content (AvgIpc) is 3.10. The molecule has 0 aliphatic carbocycles.